The summed E-state index contributed by atoms with van der Waals surface area (Å²) < 4.78 is 1.06. The Kier molecular flexibility index (Phi) is 3.69. The second-order valence-corrected chi connectivity index (χ2v) is 4.36. The summed E-state index contributed by atoms with van der Waals surface area (Å²) in [5, 5.41) is 8.66. The van der Waals surface area contributed by atoms with E-state index in [2.05, 4.69) is 15.9 Å². The number of aliphatic carboxylic acids is 1. The molecule has 0 aliphatic rings. The molecule has 2 nitrogen and oxygen atoms in total. The summed E-state index contributed by atoms with van der Waals surface area (Å²) in [6.45, 7) is 3.93. The molecule has 0 heterocycles. The van der Waals surface area contributed by atoms with Crippen molar-refractivity contribution < 1.29 is 9.90 Å². The highest BCUT2D eigenvalue weighted by molar-refractivity contribution is 9.10. The predicted octanol–water partition coefficient (Wildman–Crippen LogP) is 3.34. The number of hydrogen-bond donors (Lipinski definition) is 1. The largest absolute Gasteiger partial charge is 0.481 e. The van der Waals surface area contributed by atoms with Crippen molar-refractivity contribution in [3.05, 3.63) is 33.8 Å². The first-order valence-corrected chi connectivity index (χ1v) is 5.28. The first-order valence-electron chi connectivity index (χ1n) is 4.48. The number of hydrogen-bond acceptors (Lipinski definition) is 1. The van der Waals surface area contributed by atoms with Gasteiger partial charge in [0.15, 0.2) is 0 Å². The van der Waals surface area contributed by atoms with Crippen molar-refractivity contribution in [3.63, 3.8) is 0 Å². The maximum Gasteiger partial charge on any atom is 0.303 e. The third-order valence-electron chi connectivity index (χ3n) is 2.23. The average Bonchev–Trinajstić information content (AvgIpc) is 2.08. The molecule has 0 fully saturated rings. The molecule has 0 spiro atoms. The van der Waals surface area contributed by atoms with Gasteiger partial charge in [-0.2, -0.15) is 0 Å². The second kappa shape index (κ2) is 4.60. The van der Waals surface area contributed by atoms with Crippen LogP contribution in [0.15, 0.2) is 22.7 Å². The maximum atomic E-state index is 10.5. The maximum absolute atomic E-state index is 10.5. The second-order valence-electron chi connectivity index (χ2n) is 3.51. The van der Waals surface area contributed by atoms with E-state index in [9.17, 15) is 4.79 Å². The van der Waals surface area contributed by atoms with Gasteiger partial charge in [-0.1, -0.05) is 35.0 Å². The SMILES string of the molecule is Cc1cc(C(C)CC(=O)O)ccc1Br. The molecule has 1 aromatic rings. The fraction of sp³-hybridized carbons (Fsp3) is 0.364. The number of rotatable bonds is 3. The van der Waals surface area contributed by atoms with E-state index in [4.69, 9.17) is 5.11 Å². The topological polar surface area (TPSA) is 37.3 Å². The van der Waals surface area contributed by atoms with E-state index >= 15 is 0 Å². The standard InChI is InChI=1S/C11H13BrO2/c1-7(6-11(13)14)9-3-4-10(12)8(2)5-9/h3-5,7H,6H2,1-2H3,(H,13,14). The van der Waals surface area contributed by atoms with Gasteiger partial charge in [-0.05, 0) is 30.0 Å². The lowest BCUT2D eigenvalue weighted by Gasteiger charge is -2.10. The van der Waals surface area contributed by atoms with Gasteiger partial charge in [0.2, 0.25) is 0 Å². The number of carbonyl (C=O) groups is 1. The van der Waals surface area contributed by atoms with Gasteiger partial charge in [0.1, 0.15) is 0 Å². The summed E-state index contributed by atoms with van der Waals surface area (Å²) in [5.74, 6) is -0.683. The molecular formula is C11H13BrO2. The van der Waals surface area contributed by atoms with Crippen LogP contribution in [0.2, 0.25) is 0 Å². The van der Waals surface area contributed by atoms with Gasteiger partial charge in [-0.15, -0.1) is 0 Å². The molecule has 1 rings (SSSR count). The molecule has 1 aromatic carbocycles. The summed E-state index contributed by atoms with van der Waals surface area (Å²) >= 11 is 3.41. The van der Waals surface area contributed by atoms with Crippen LogP contribution >= 0.6 is 15.9 Å². The Balaban J connectivity index is 2.85. The van der Waals surface area contributed by atoms with E-state index in [1.165, 1.54) is 0 Å². The predicted molar refractivity (Wildman–Crippen MR) is 59.5 cm³/mol. The average molecular weight is 257 g/mol. The van der Waals surface area contributed by atoms with Crippen molar-refractivity contribution in [2.24, 2.45) is 0 Å². The Morgan fingerprint density at radius 2 is 2.21 bits per heavy atom. The van der Waals surface area contributed by atoms with E-state index < -0.39 is 5.97 Å². The van der Waals surface area contributed by atoms with Crippen molar-refractivity contribution in [1.82, 2.24) is 0 Å². The lowest BCUT2D eigenvalue weighted by molar-refractivity contribution is -0.137. The summed E-state index contributed by atoms with van der Waals surface area (Å²) in [5.41, 5.74) is 2.22. The van der Waals surface area contributed by atoms with Crippen molar-refractivity contribution in [1.29, 1.82) is 0 Å². The van der Waals surface area contributed by atoms with Crippen LogP contribution in [0, 0.1) is 6.92 Å². The molecule has 76 valence electrons. The Hall–Kier alpha value is -0.830. The first kappa shape index (κ1) is 11.2. The molecule has 0 radical (unpaired) electrons. The number of aryl methyl sites for hydroxylation is 1. The Labute approximate surface area is 92.1 Å². The summed E-state index contributed by atoms with van der Waals surface area (Å²) in [7, 11) is 0. The van der Waals surface area contributed by atoms with Crippen molar-refractivity contribution in [2.75, 3.05) is 0 Å². The van der Waals surface area contributed by atoms with Crippen molar-refractivity contribution in [3.8, 4) is 0 Å². The molecule has 0 amide bonds. The molecule has 0 bridgehead atoms. The third kappa shape index (κ3) is 2.84. The number of carboxylic acids is 1. The zero-order valence-corrected chi connectivity index (χ0v) is 9.84. The molecule has 0 aliphatic heterocycles. The highest BCUT2D eigenvalue weighted by atomic mass is 79.9. The Morgan fingerprint density at radius 3 is 2.71 bits per heavy atom. The van der Waals surface area contributed by atoms with Gasteiger partial charge >= 0.3 is 5.97 Å². The van der Waals surface area contributed by atoms with Gasteiger partial charge in [-0.25, -0.2) is 0 Å². The minimum absolute atomic E-state index is 0.0688. The quantitative estimate of drug-likeness (QED) is 0.901. The van der Waals surface area contributed by atoms with Crippen LogP contribution in [-0.2, 0) is 4.79 Å². The smallest absolute Gasteiger partial charge is 0.303 e. The minimum Gasteiger partial charge on any atom is -0.481 e. The van der Waals surface area contributed by atoms with Crippen LogP contribution in [0.1, 0.15) is 30.4 Å². The normalized spacial score (nSPS) is 12.5. The molecule has 0 aromatic heterocycles. The lowest BCUT2D eigenvalue weighted by Crippen LogP contribution is -2.02. The molecule has 1 N–H and O–H groups in total. The number of carboxylic acid groups (broad SMARTS) is 1. The van der Waals surface area contributed by atoms with Crippen LogP contribution in [0.5, 0.6) is 0 Å². The summed E-state index contributed by atoms with van der Waals surface area (Å²) in [6.07, 6.45) is 0.182. The van der Waals surface area contributed by atoms with Crippen LogP contribution < -0.4 is 0 Å². The molecule has 0 saturated carbocycles. The van der Waals surface area contributed by atoms with Gasteiger partial charge < -0.3 is 5.11 Å². The highest BCUT2D eigenvalue weighted by Gasteiger charge is 2.10. The van der Waals surface area contributed by atoms with Crippen LogP contribution in [0.4, 0.5) is 0 Å². The third-order valence-corrected chi connectivity index (χ3v) is 3.12. The van der Waals surface area contributed by atoms with Gasteiger partial charge in [0.25, 0.3) is 0 Å². The Morgan fingerprint density at radius 1 is 1.57 bits per heavy atom. The fourth-order valence-corrected chi connectivity index (χ4v) is 1.60. The summed E-state index contributed by atoms with van der Waals surface area (Å²) in [4.78, 5) is 10.5. The van der Waals surface area contributed by atoms with Crippen LogP contribution in [-0.4, -0.2) is 11.1 Å². The van der Waals surface area contributed by atoms with Crippen LogP contribution in [0.25, 0.3) is 0 Å². The van der Waals surface area contributed by atoms with E-state index in [1.807, 2.05) is 32.0 Å². The molecular weight excluding hydrogens is 244 g/mol. The van der Waals surface area contributed by atoms with E-state index in [-0.39, 0.29) is 12.3 Å². The van der Waals surface area contributed by atoms with Crippen LogP contribution in [0.3, 0.4) is 0 Å². The fourth-order valence-electron chi connectivity index (χ4n) is 1.35. The van der Waals surface area contributed by atoms with Gasteiger partial charge in [-0.3, -0.25) is 4.79 Å². The number of halogens is 1. The van der Waals surface area contributed by atoms with Crippen molar-refractivity contribution in [2.45, 2.75) is 26.2 Å². The first-order chi connectivity index (χ1) is 6.50. The van der Waals surface area contributed by atoms with E-state index in [0.29, 0.717) is 0 Å². The molecule has 14 heavy (non-hydrogen) atoms. The molecule has 1 unspecified atom stereocenters. The van der Waals surface area contributed by atoms with Gasteiger partial charge in [0, 0.05) is 4.47 Å². The summed E-state index contributed by atoms with van der Waals surface area (Å²) in [6, 6.07) is 5.95. The molecule has 1 atom stereocenters. The number of benzene rings is 1. The highest BCUT2D eigenvalue weighted by Crippen LogP contribution is 2.24. The van der Waals surface area contributed by atoms with E-state index in [0.717, 1.165) is 15.6 Å². The van der Waals surface area contributed by atoms with Crippen molar-refractivity contribution >= 4 is 21.9 Å². The Bertz CT molecular complexity index is 347. The zero-order valence-electron chi connectivity index (χ0n) is 8.25. The van der Waals surface area contributed by atoms with E-state index in [1.54, 1.807) is 0 Å². The lowest BCUT2D eigenvalue weighted by atomic mass is 9.96. The monoisotopic (exact) mass is 256 g/mol. The molecule has 0 saturated heterocycles. The zero-order chi connectivity index (χ0) is 10.7. The molecule has 3 heteroatoms. The van der Waals surface area contributed by atoms with Gasteiger partial charge in [0.05, 0.1) is 6.42 Å². The minimum atomic E-state index is -0.752. The molecule has 0 aliphatic carbocycles.